The molecule has 0 aliphatic heterocycles. The van der Waals surface area contributed by atoms with Crippen molar-refractivity contribution >= 4 is 6.15 Å². The molecule has 0 atom stereocenters. The summed E-state index contributed by atoms with van der Waals surface area (Å²) in [6, 6.07) is 0. The second kappa shape index (κ2) is 17.4. The van der Waals surface area contributed by atoms with Gasteiger partial charge >= 0.3 is 0 Å². The first-order chi connectivity index (χ1) is 11.7. The zero-order valence-corrected chi connectivity index (χ0v) is 17.6. The third-order valence-corrected chi connectivity index (χ3v) is 5.64. The zero-order valence-electron chi connectivity index (χ0n) is 17.6. The standard InChI is InChI=1S/C23H46B/c1-5-9-13-14-15-19-23-24(20-16-10-6-2,21-17-11-7-3)22-18-12-8-4/h5-18,20-22H2,1-4H3/q-1. The molecule has 0 N–H and O–H groups in total. The van der Waals surface area contributed by atoms with Crippen molar-refractivity contribution in [2.24, 2.45) is 0 Å². The van der Waals surface area contributed by atoms with E-state index in [2.05, 4.69) is 39.4 Å². The molecule has 0 fully saturated rings. The van der Waals surface area contributed by atoms with Gasteiger partial charge in [0.25, 0.3) is 0 Å². The molecule has 0 aromatic rings. The van der Waals surface area contributed by atoms with Gasteiger partial charge in [0.1, 0.15) is 0 Å². The molecular weight excluding hydrogens is 287 g/mol. The summed E-state index contributed by atoms with van der Waals surface area (Å²) in [5, 5.41) is 0. The lowest BCUT2D eigenvalue weighted by molar-refractivity contribution is 0.679. The summed E-state index contributed by atoms with van der Waals surface area (Å²) in [6.45, 7) is 9.25. The fourth-order valence-electron chi connectivity index (χ4n) is 3.93. The van der Waals surface area contributed by atoms with Crippen LogP contribution in [0.15, 0.2) is 0 Å². The van der Waals surface area contributed by atoms with Crippen molar-refractivity contribution in [2.75, 3.05) is 0 Å². The molecule has 142 valence electrons. The Morgan fingerprint density at radius 1 is 0.500 bits per heavy atom. The predicted molar refractivity (Wildman–Crippen MR) is 115 cm³/mol. The van der Waals surface area contributed by atoms with Crippen molar-refractivity contribution in [1.82, 2.24) is 0 Å². The second-order valence-corrected chi connectivity index (χ2v) is 8.10. The number of hydrogen-bond donors (Lipinski definition) is 0. The first-order valence-corrected chi connectivity index (χ1v) is 11.4. The van der Waals surface area contributed by atoms with Gasteiger partial charge in [0.05, 0.1) is 6.15 Å². The highest BCUT2D eigenvalue weighted by Gasteiger charge is 2.20. The third kappa shape index (κ3) is 13.0. The molecule has 0 spiro atoms. The van der Waals surface area contributed by atoms with E-state index in [9.17, 15) is 0 Å². The Kier molecular flexibility index (Phi) is 17.2. The minimum Gasteiger partial charge on any atom is -0.315 e. The Morgan fingerprint density at radius 3 is 1.33 bits per heavy atom. The van der Waals surface area contributed by atoms with Gasteiger partial charge in [-0.15, -0.1) is 0 Å². The molecule has 24 heavy (non-hydrogen) atoms. The largest absolute Gasteiger partial charge is 0.315 e. The number of unbranched alkanes of at least 4 members (excludes halogenated alkanes) is 10. The van der Waals surface area contributed by atoms with Crippen molar-refractivity contribution in [2.45, 2.75) is 137 Å². The van der Waals surface area contributed by atoms with E-state index in [-0.39, 0.29) is 0 Å². The molecular formula is C23H46B-. The Morgan fingerprint density at radius 2 is 0.917 bits per heavy atom. The van der Waals surface area contributed by atoms with Gasteiger partial charge in [-0.2, -0.15) is 24.9 Å². The third-order valence-electron chi connectivity index (χ3n) is 5.64. The lowest BCUT2D eigenvalue weighted by Crippen LogP contribution is -2.32. The summed E-state index contributed by atoms with van der Waals surface area (Å²) < 4.78 is 0. The first kappa shape index (κ1) is 23.6. The highest BCUT2D eigenvalue weighted by atomic mass is 14.0. The average Bonchev–Trinajstić information content (AvgIpc) is 2.58. The Bertz CT molecular complexity index is 283. The topological polar surface area (TPSA) is 0 Å². The highest BCUT2D eigenvalue weighted by molar-refractivity contribution is 6.87. The van der Waals surface area contributed by atoms with E-state index in [0.29, 0.717) is 0 Å². The van der Waals surface area contributed by atoms with E-state index >= 15 is 0 Å². The Balaban J connectivity index is 4.74. The van der Waals surface area contributed by atoms with E-state index in [1.807, 2.05) is 0 Å². The van der Waals surface area contributed by atoms with Gasteiger partial charge in [0.15, 0.2) is 0 Å². The summed E-state index contributed by atoms with van der Waals surface area (Å²) >= 11 is 0. The summed E-state index contributed by atoms with van der Waals surface area (Å²) in [5.74, 6) is 7.54. The van der Waals surface area contributed by atoms with Gasteiger partial charge in [-0.05, 0) is 6.42 Å². The van der Waals surface area contributed by atoms with E-state index in [1.165, 1.54) is 102 Å². The van der Waals surface area contributed by atoms with Crippen LogP contribution in [-0.4, -0.2) is 6.15 Å². The van der Waals surface area contributed by atoms with E-state index in [0.717, 1.165) is 6.42 Å². The molecule has 0 nitrogen and oxygen atoms in total. The van der Waals surface area contributed by atoms with Gasteiger partial charge in [0, 0.05) is 6.42 Å². The van der Waals surface area contributed by atoms with Gasteiger partial charge in [-0.1, -0.05) is 105 Å². The average molecular weight is 333 g/mol. The quantitative estimate of drug-likeness (QED) is 0.151. The SMILES string of the molecule is CCCCCCC#C[B-](CCCCC)(CCCCC)CCCCC. The molecule has 0 saturated carbocycles. The summed E-state index contributed by atoms with van der Waals surface area (Å²) in [5.41, 5.74) is 0. The minimum atomic E-state index is -0.416. The van der Waals surface area contributed by atoms with Crippen molar-refractivity contribution in [1.29, 1.82) is 0 Å². The van der Waals surface area contributed by atoms with Crippen molar-refractivity contribution in [3.05, 3.63) is 0 Å². The fourth-order valence-corrected chi connectivity index (χ4v) is 3.93. The lowest BCUT2D eigenvalue weighted by atomic mass is 9.19. The Labute approximate surface area is 154 Å². The fraction of sp³-hybridized carbons (Fsp3) is 0.913. The minimum absolute atomic E-state index is 0.416. The molecule has 0 unspecified atom stereocenters. The molecule has 0 aromatic carbocycles. The molecule has 0 radical (unpaired) electrons. The van der Waals surface area contributed by atoms with Crippen LogP contribution in [0.4, 0.5) is 0 Å². The monoisotopic (exact) mass is 333 g/mol. The van der Waals surface area contributed by atoms with Crippen LogP contribution < -0.4 is 0 Å². The summed E-state index contributed by atoms with van der Waals surface area (Å²) in [7, 11) is 0. The highest BCUT2D eigenvalue weighted by Crippen LogP contribution is 2.29. The van der Waals surface area contributed by atoms with Crippen molar-refractivity contribution in [3.63, 3.8) is 0 Å². The predicted octanol–water partition coefficient (Wildman–Crippen LogP) is 8.52. The molecule has 0 aliphatic carbocycles. The molecule has 0 saturated heterocycles. The van der Waals surface area contributed by atoms with Crippen LogP contribution in [-0.2, 0) is 0 Å². The number of hydrogen-bond acceptors (Lipinski definition) is 0. The lowest BCUT2D eigenvalue weighted by Gasteiger charge is -2.35. The smallest absolute Gasteiger partial charge is 0.0708 e. The molecule has 1 heteroatoms. The van der Waals surface area contributed by atoms with Crippen LogP contribution in [0.25, 0.3) is 0 Å². The van der Waals surface area contributed by atoms with Crippen molar-refractivity contribution in [3.8, 4) is 11.7 Å². The molecule has 0 aromatic heterocycles. The van der Waals surface area contributed by atoms with Crippen molar-refractivity contribution < 1.29 is 0 Å². The molecule has 0 amide bonds. The van der Waals surface area contributed by atoms with Crippen LogP contribution in [0.3, 0.4) is 0 Å². The molecule has 0 rings (SSSR count). The normalized spacial score (nSPS) is 11.3. The molecule has 0 bridgehead atoms. The maximum absolute atomic E-state index is 3.90. The van der Waals surface area contributed by atoms with E-state index in [4.69, 9.17) is 0 Å². The molecule has 0 aliphatic rings. The van der Waals surface area contributed by atoms with Crippen LogP contribution in [0, 0.1) is 11.7 Å². The van der Waals surface area contributed by atoms with Crippen LogP contribution >= 0.6 is 0 Å². The Hall–Kier alpha value is -0.375. The molecule has 0 heterocycles. The maximum Gasteiger partial charge on any atom is 0.0708 e. The first-order valence-electron chi connectivity index (χ1n) is 11.4. The number of rotatable bonds is 16. The summed E-state index contributed by atoms with van der Waals surface area (Å²) in [4.78, 5) is 0. The van der Waals surface area contributed by atoms with Gasteiger partial charge in [-0.25, -0.2) is 0 Å². The van der Waals surface area contributed by atoms with Gasteiger partial charge < -0.3 is 5.82 Å². The zero-order chi connectivity index (χ0) is 17.9. The van der Waals surface area contributed by atoms with Crippen LogP contribution in [0.2, 0.25) is 19.0 Å². The second-order valence-electron chi connectivity index (χ2n) is 8.10. The van der Waals surface area contributed by atoms with E-state index in [1.54, 1.807) is 0 Å². The van der Waals surface area contributed by atoms with Crippen LogP contribution in [0.1, 0.15) is 118 Å². The maximum atomic E-state index is 3.90. The van der Waals surface area contributed by atoms with E-state index < -0.39 is 6.15 Å². The summed E-state index contributed by atoms with van der Waals surface area (Å²) in [6.07, 6.45) is 22.7. The van der Waals surface area contributed by atoms with Crippen LogP contribution in [0.5, 0.6) is 0 Å². The van der Waals surface area contributed by atoms with Gasteiger partial charge in [0.2, 0.25) is 0 Å². The van der Waals surface area contributed by atoms with Gasteiger partial charge in [-0.3, -0.25) is 0 Å².